The number of ether oxygens (including phenoxy) is 1. The summed E-state index contributed by atoms with van der Waals surface area (Å²) in [6.45, 7) is 3.97. The summed E-state index contributed by atoms with van der Waals surface area (Å²) in [5.74, 6) is 0.621. The van der Waals surface area contributed by atoms with Crippen molar-refractivity contribution >= 4 is 11.6 Å². The molecule has 0 aliphatic carbocycles. The van der Waals surface area contributed by atoms with Gasteiger partial charge in [-0.05, 0) is 42.7 Å². The summed E-state index contributed by atoms with van der Waals surface area (Å²) in [7, 11) is 1.65. The van der Waals surface area contributed by atoms with Crippen molar-refractivity contribution in [3.8, 4) is 5.75 Å². The first-order chi connectivity index (χ1) is 11.1. The molecule has 2 rings (SSSR count). The second-order valence-electron chi connectivity index (χ2n) is 5.33. The molecule has 1 N–H and O–H groups in total. The van der Waals surface area contributed by atoms with Crippen molar-refractivity contribution in [2.75, 3.05) is 7.11 Å². The normalized spacial score (nSPS) is 11.2. The highest BCUT2D eigenvalue weighted by atomic mass is 16.5. The monoisotopic (exact) mass is 310 g/mol. The van der Waals surface area contributed by atoms with Gasteiger partial charge in [0.2, 0.25) is 0 Å². The van der Waals surface area contributed by atoms with Crippen LogP contribution in [-0.2, 0) is 12.8 Å². The lowest BCUT2D eigenvalue weighted by molar-refractivity contribution is 0.0954. The third-order valence-electron chi connectivity index (χ3n) is 3.61. The number of benzene rings is 2. The number of methoxy groups -OCH3 is 1. The van der Waals surface area contributed by atoms with Crippen molar-refractivity contribution in [1.82, 2.24) is 5.43 Å². The van der Waals surface area contributed by atoms with Crippen LogP contribution in [0.15, 0.2) is 53.6 Å². The van der Waals surface area contributed by atoms with E-state index in [2.05, 4.69) is 17.5 Å². The molecule has 0 fully saturated rings. The molecule has 0 aromatic heterocycles. The number of hydrogen-bond donors (Lipinski definition) is 1. The molecular weight excluding hydrogens is 288 g/mol. The van der Waals surface area contributed by atoms with Gasteiger partial charge in [-0.3, -0.25) is 4.79 Å². The van der Waals surface area contributed by atoms with Crippen molar-refractivity contribution in [2.45, 2.75) is 26.7 Å². The lowest BCUT2D eigenvalue weighted by atomic mass is 10.1. The van der Waals surface area contributed by atoms with Crippen molar-refractivity contribution in [3.05, 3.63) is 65.2 Å². The molecule has 0 radical (unpaired) electrons. The number of rotatable bonds is 6. The molecule has 4 heteroatoms. The first kappa shape index (κ1) is 16.7. The molecule has 0 heterocycles. The fourth-order valence-corrected chi connectivity index (χ4v) is 2.27. The molecule has 0 atom stereocenters. The summed E-state index contributed by atoms with van der Waals surface area (Å²) in [6, 6.07) is 15.3. The Bertz CT molecular complexity index is 691. The van der Waals surface area contributed by atoms with Crippen molar-refractivity contribution in [3.63, 3.8) is 0 Å². The van der Waals surface area contributed by atoms with Gasteiger partial charge in [0.15, 0.2) is 0 Å². The number of hydrogen-bond acceptors (Lipinski definition) is 3. The van der Waals surface area contributed by atoms with Gasteiger partial charge in [0.05, 0.1) is 7.11 Å². The molecule has 120 valence electrons. The third kappa shape index (κ3) is 4.68. The Labute approximate surface area is 137 Å². The fourth-order valence-electron chi connectivity index (χ4n) is 2.27. The van der Waals surface area contributed by atoms with Gasteiger partial charge < -0.3 is 4.74 Å². The highest BCUT2D eigenvalue weighted by Crippen LogP contribution is 2.18. The maximum atomic E-state index is 12.1. The number of amides is 1. The van der Waals surface area contributed by atoms with Gasteiger partial charge in [-0.2, -0.15) is 5.10 Å². The zero-order valence-corrected chi connectivity index (χ0v) is 13.8. The highest BCUT2D eigenvalue weighted by molar-refractivity contribution is 5.95. The first-order valence-electron chi connectivity index (χ1n) is 7.68. The van der Waals surface area contributed by atoms with Crippen LogP contribution < -0.4 is 10.2 Å². The number of nitrogens with one attached hydrogen (secondary N) is 1. The average molecular weight is 310 g/mol. The Morgan fingerprint density at radius 1 is 1.13 bits per heavy atom. The van der Waals surface area contributed by atoms with E-state index < -0.39 is 0 Å². The van der Waals surface area contributed by atoms with Crippen LogP contribution in [-0.4, -0.2) is 18.7 Å². The molecule has 0 saturated carbocycles. The maximum Gasteiger partial charge on any atom is 0.271 e. The third-order valence-corrected chi connectivity index (χ3v) is 3.61. The number of nitrogens with zero attached hydrogens (tertiary/aromatic N) is 1. The molecule has 0 unspecified atom stereocenters. The SMILES string of the molecule is CCc1ccc(C(=O)N/N=C(/C)Cc2ccccc2OC)cc1. The molecule has 2 aromatic rings. The van der Waals surface area contributed by atoms with Gasteiger partial charge >= 0.3 is 0 Å². The van der Waals surface area contributed by atoms with Crippen LogP contribution in [0.5, 0.6) is 5.75 Å². The van der Waals surface area contributed by atoms with E-state index in [0.717, 1.165) is 23.4 Å². The van der Waals surface area contributed by atoms with Crippen LogP contribution in [0, 0.1) is 0 Å². The maximum absolute atomic E-state index is 12.1. The van der Waals surface area contributed by atoms with E-state index in [0.29, 0.717) is 12.0 Å². The molecule has 0 bridgehead atoms. The number of carbonyl (C=O) groups is 1. The quantitative estimate of drug-likeness (QED) is 0.654. The first-order valence-corrected chi connectivity index (χ1v) is 7.68. The highest BCUT2D eigenvalue weighted by Gasteiger charge is 2.06. The van der Waals surface area contributed by atoms with E-state index in [-0.39, 0.29) is 5.91 Å². The van der Waals surface area contributed by atoms with E-state index in [1.54, 1.807) is 7.11 Å². The van der Waals surface area contributed by atoms with Gasteiger partial charge in [0.1, 0.15) is 5.75 Å². The minimum Gasteiger partial charge on any atom is -0.496 e. The summed E-state index contributed by atoms with van der Waals surface area (Å²) in [5.41, 5.74) is 6.27. The Morgan fingerprint density at radius 2 is 1.83 bits per heavy atom. The minimum absolute atomic E-state index is 0.202. The molecular formula is C19H22N2O2. The topological polar surface area (TPSA) is 50.7 Å². The predicted octanol–water partition coefficient (Wildman–Crippen LogP) is 3.61. The lowest BCUT2D eigenvalue weighted by Crippen LogP contribution is -2.19. The number of hydrazone groups is 1. The molecule has 0 aliphatic heterocycles. The number of carbonyl (C=O) groups excluding carboxylic acids is 1. The Hall–Kier alpha value is -2.62. The number of aryl methyl sites for hydroxylation is 1. The van der Waals surface area contributed by atoms with E-state index in [1.807, 2.05) is 55.5 Å². The molecule has 4 nitrogen and oxygen atoms in total. The number of para-hydroxylation sites is 1. The van der Waals surface area contributed by atoms with E-state index in [4.69, 9.17) is 4.74 Å². The van der Waals surface area contributed by atoms with Gasteiger partial charge in [-0.1, -0.05) is 37.3 Å². The summed E-state index contributed by atoms with van der Waals surface area (Å²) >= 11 is 0. The van der Waals surface area contributed by atoms with Gasteiger partial charge in [-0.15, -0.1) is 0 Å². The summed E-state index contributed by atoms with van der Waals surface area (Å²) in [4.78, 5) is 12.1. The smallest absolute Gasteiger partial charge is 0.271 e. The van der Waals surface area contributed by atoms with Crippen LogP contribution in [0.3, 0.4) is 0 Å². The average Bonchev–Trinajstić information content (AvgIpc) is 2.60. The van der Waals surface area contributed by atoms with Gasteiger partial charge in [-0.25, -0.2) is 5.43 Å². The van der Waals surface area contributed by atoms with Gasteiger partial charge in [0.25, 0.3) is 5.91 Å². The zero-order chi connectivity index (χ0) is 16.7. The summed E-state index contributed by atoms with van der Waals surface area (Å²) < 4.78 is 5.32. The van der Waals surface area contributed by atoms with Crippen LogP contribution in [0.2, 0.25) is 0 Å². The Balaban J connectivity index is 1.99. The Kier molecular flexibility index (Phi) is 5.92. The van der Waals surface area contributed by atoms with Gasteiger partial charge in [0, 0.05) is 17.7 Å². The molecule has 0 aliphatic rings. The van der Waals surface area contributed by atoms with Crippen molar-refractivity contribution < 1.29 is 9.53 Å². The minimum atomic E-state index is -0.202. The standard InChI is InChI=1S/C19H22N2O2/c1-4-15-9-11-16(12-10-15)19(22)21-20-14(2)13-17-7-5-6-8-18(17)23-3/h5-12H,4,13H2,1-3H3,(H,21,22)/b20-14-. The molecule has 23 heavy (non-hydrogen) atoms. The van der Waals surface area contributed by atoms with Crippen LogP contribution >= 0.6 is 0 Å². The van der Waals surface area contributed by atoms with E-state index >= 15 is 0 Å². The van der Waals surface area contributed by atoms with E-state index in [1.165, 1.54) is 5.56 Å². The zero-order valence-electron chi connectivity index (χ0n) is 13.8. The molecule has 0 spiro atoms. The van der Waals surface area contributed by atoms with Crippen LogP contribution in [0.4, 0.5) is 0 Å². The summed E-state index contributed by atoms with van der Waals surface area (Å²) in [5, 5.41) is 4.18. The fraction of sp³-hybridized carbons (Fsp3) is 0.263. The molecule has 2 aromatic carbocycles. The molecule has 0 saturated heterocycles. The largest absolute Gasteiger partial charge is 0.496 e. The second kappa shape index (κ2) is 8.13. The lowest BCUT2D eigenvalue weighted by Gasteiger charge is -2.08. The van der Waals surface area contributed by atoms with E-state index in [9.17, 15) is 4.79 Å². The van der Waals surface area contributed by atoms with Crippen molar-refractivity contribution in [1.29, 1.82) is 0 Å². The molecule has 1 amide bonds. The van der Waals surface area contributed by atoms with Crippen LogP contribution in [0.1, 0.15) is 35.3 Å². The van der Waals surface area contributed by atoms with Crippen molar-refractivity contribution in [2.24, 2.45) is 5.10 Å². The second-order valence-corrected chi connectivity index (χ2v) is 5.33. The Morgan fingerprint density at radius 3 is 2.48 bits per heavy atom. The van der Waals surface area contributed by atoms with Crippen LogP contribution in [0.25, 0.3) is 0 Å². The summed E-state index contributed by atoms with van der Waals surface area (Å²) in [6.07, 6.45) is 1.58. The predicted molar refractivity (Wildman–Crippen MR) is 93.1 cm³/mol.